The number of benzene rings is 1. The average molecular weight is 244 g/mol. The van der Waals surface area contributed by atoms with E-state index in [9.17, 15) is 10.1 Å². The van der Waals surface area contributed by atoms with E-state index >= 15 is 0 Å². The van der Waals surface area contributed by atoms with Crippen molar-refractivity contribution in [1.29, 1.82) is 0 Å². The summed E-state index contributed by atoms with van der Waals surface area (Å²) in [6.45, 7) is 2.31. The van der Waals surface area contributed by atoms with Crippen molar-refractivity contribution in [3.8, 4) is 16.9 Å². The maximum absolute atomic E-state index is 11.1. The second-order valence-electron chi connectivity index (χ2n) is 3.61. The molecule has 0 bridgehead atoms. The van der Waals surface area contributed by atoms with E-state index in [2.05, 4.69) is 4.98 Å². The van der Waals surface area contributed by atoms with Gasteiger partial charge in [-0.3, -0.25) is 15.1 Å². The zero-order chi connectivity index (χ0) is 13.0. The van der Waals surface area contributed by atoms with Crippen LogP contribution in [0, 0.1) is 10.1 Å². The van der Waals surface area contributed by atoms with Crippen molar-refractivity contribution in [3.05, 3.63) is 52.8 Å². The summed E-state index contributed by atoms with van der Waals surface area (Å²) in [7, 11) is 0. The third-order valence-electron chi connectivity index (χ3n) is 2.45. The number of pyridine rings is 1. The van der Waals surface area contributed by atoms with Gasteiger partial charge in [0.1, 0.15) is 5.75 Å². The van der Waals surface area contributed by atoms with Crippen LogP contribution in [0.3, 0.4) is 0 Å². The Morgan fingerprint density at radius 1 is 1.39 bits per heavy atom. The molecule has 0 N–H and O–H groups in total. The standard InChI is InChI=1S/C13H12N2O3/c1-2-18-11-5-6-12(13(8-11)15(16)17)10-4-3-7-14-9-10/h3-9H,2H2,1H3. The molecule has 5 nitrogen and oxygen atoms in total. The summed E-state index contributed by atoms with van der Waals surface area (Å²) in [5, 5.41) is 11.1. The predicted octanol–water partition coefficient (Wildman–Crippen LogP) is 3.06. The third kappa shape index (κ3) is 2.45. The van der Waals surface area contributed by atoms with Crippen LogP contribution in [0.25, 0.3) is 11.1 Å². The van der Waals surface area contributed by atoms with Crippen molar-refractivity contribution in [3.63, 3.8) is 0 Å². The van der Waals surface area contributed by atoms with E-state index < -0.39 is 4.92 Å². The first-order chi connectivity index (χ1) is 8.72. The molecule has 5 heteroatoms. The van der Waals surface area contributed by atoms with E-state index in [1.807, 2.05) is 6.92 Å². The Labute approximate surface area is 104 Å². The van der Waals surface area contributed by atoms with Gasteiger partial charge in [-0.2, -0.15) is 0 Å². The summed E-state index contributed by atoms with van der Waals surface area (Å²) >= 11 is 0. The summed E-state index contributed by atoms with van der Waals surface area (Å²) in [4.78, 5) is 14.6. The van der Waals surface area contributed by atoms with Crippen LogP contribution in [-0.2, 0) is 0 Å². The molecule has 0 unspecified atom stereocenters. The average Bonchev–Trinajstić information content (AvgIpc) is 2.40. The highest BCUT2D eigenvalue weighted by molar-refractivity contribution is 5.73. The Balaban J connectivity index is 2.51. The molecule has 0 atom stereocenters. The molecular weight excluding hydrogens is 232 g/mol. The third-order valence-corrected chi connectivity index (χ3v) is 2.45. The molecule has 0 radical (unpaired) electrons. The van der Waals surface area contributed by atoms with Crippen LogP contribution < -0.4 is 4.74 Å². The Morgan fingerprint density at radius 3 is 2.83 bits per heavy atom. The molecule has 0 aliphatic heterocycles. The lowest BCUT2D eigenvalue weighted by atomic mass is 10.1. The summed E-state index contributed by atoms with van der Waals surface area (Å²) < 4.78 is 5.27. The number of nitro benzene ring substituents is 1. The van der Waals surface area contributed by atoms with Crippen molar-refractivity contribution in [1.82, 2.24) is 4.98 Å². The predicted molar refractivity (Wildman–Crippen MR) is 67.5 cm³/mol. The second-order valence-corrected chi connectivity index (χ2v) is 3.61. The van der Waals surface area contributed by atoms with E-state index in [1.54, 1.807) is 36.7 Å². The lowest BCUT2D eigenvalue weighted by Crippen LogP contribution is -1.96. The van der Waals surface area contributed by atoms with Gasteiger partial charge in [0, 0.05) is 18.0 Å². The first-order valence-electron chi connectivity index (χ1n) is 5.54. The summed E-state index contributed by atoms with van der Waals surface area (Å²) in [5.74, 6) is 0.497. The van der Waals surface area contributed by atoms with Crippen LogP contribution in [-0.4, -0.2) is 16.5 Å². The minimum Gasteiger partial charge on any atom is -0.494 e. The van der Waals surface area contributed by atoms with Gasteiger partial charge in [0.2, 0.25) is 0 Å². The van der Waals surface area contributed by atoms with Crippen molar-refractivity contribution < 1.29 is 9.66 Å². The number of nitrogens with zero attached hydrogens (tertiary/aromatic N) is 2. The quantitative estimate of drug-likeness (QED) is 0.612. The Morgan fingerprint density at radius 2 is 2.22 bits per heavy atom. The molecule has 0 saturated carbocycles. The molecule has 0 fully saturated rings. The number of hydrogen-bond acceptors (Lipinski definition) is 4. The van der Waals surface area contributed by atoms with Crippen molar-refractivity contribution in [2.24, 2.45) is 0 Å². The molecule has 1 heterocycles. The molecule has 0 aliphatic carbocycles. The molecule has 1 aromatic carbocycles. The van der Waals surface area contributed by atoms with Gasteiger partial charge in [0.15, 0.2) is 0 Å². The Hall–Kier alpha value is -2.43. The highest BCUT2D eigenvalue weighted by atomic mass is 16.6. The summed E-state index contributed by atoms with van der Waals surface area (Å²) in [5.41, 5.74) is 1.28. The molecule has 0 spiro atoms. The molecule has 92 valence electrons. The fourth-order valence-electron chi connectivity index (χ4n) is 1.69. The smallest absolute Gasteiger partial charge is 0.280 e. The first-order valence-corrected chi connectivity index (χ1v) is 5.54. The fourth-order valence-corrected chi connectivity index (χ4v) is 1.69. The van der Waals surface area contributed by atoms with Gasteiger partial charge < -0.3 is 4.74 Å². The molecule has 0 amide bonds. The van der Waals surface area contributed by atoms with Gasteiger partial charge in [-0.05, 0) is 25.1 Å². The molecular formula is C13H12N2O3. The lowest BCUT2D eigenvalue weighted by Gasteiger charge is -2.06. The molecule has 1 aromatic heterocycles. The van der Waals surface area contributed by atoms with E-state index in [1.165, 1.54) is 6.07 Å². The number of rotatable bonds is 4. The van der Waals surface area contributed by atoms with Gasteiger partial charge in [-0.1, -0.05) is 6.07 Å². The van der Waals surface area contributed by atoms with Crippen LogP contribution in [0.2, 0.25) is 0 Å². The monoisotopic (exact) mass is 244 g/mol. The topological polar surface area (TPSA) is 65.3 Å². The van der Waals surface area contributed by atoms with Crippen LogP contribution in [0.5, 0.6) is 5.75 Å². The zero-order valence-corrected chi connectivity index (χ0v) is 9.87. The Kier molecular flexibility index (Phi) is 3.52. The largest absolute Gasteiger partial charge is 0.494 e. The zero-order valence-electron chi connectivity index (χ0n) is 9.87. The van der Waals surface area contributed by atoms with Crippen molar-refractivity contribution in [2.75, 3.05) is 6.61 Å². The van der Waals surface area contributed by atoms with E-state index in [-0.39, 0.29) is 5.69 Å². The van der Waals surface area contributed by atoms with Crippen LogP contribution >= 0.6 is 0 Å². The van der Waals surface area contributed by atoms with E-state index in [0.717, 1.165) is 0 Å². The molecule has 2 rings (SSSR count). The SMILES string of the molecule is CCOc1ccc(-c2cccnc2)c([N+](=O)[O-])c1. The molecule has 0 saturated heterocycles. The number of ether oxygens (including phenoxy) is 1. The van der Waals surface area contributed by atoms with Gasteiger partial charge in [0.05, 0.1) is 23.2 Å². The molecule has 2 aromatic rings. The lowest BCUT2D eigenvalue weighted by molar-refractivity contribution is -0.384. The summed E-state index contributed by atoms with van der Waals surface area (Å²) in [6, 6.07) is 8.37. The van der Waals surface area contributed by atoms with Crippen molar-refractivity contribution in [2.45, 2.75) is 6.92 Å². The first kappa shape index (κ1) is 12.0. The minimum absolute atomic E-state index is 0.0222. The van der Waals surface area contributed by atoms with Gasteiger partial charge in [-0.15, -0.1) is 0 Å². The van der Waals surface area contributed by atoms with Gasteiger partial charge in [-0.25, -0.2) is 0 Å². The van der Waals surface area contributed by atoms with Crippen molar-refractivity contribution >= 4 is 5.69 Å². The molecule has 18 heavy (non-hydrogen) atoms. The second kappa shape index (κ2) is 5.27. The fraction of sp³-hybridized carbons (Fsp3) is 0.154. The molecule has 0 aliphatic rings. The Bertz CT molecular complexity index is 555. The van der Waals surface area contributed by atoms with Crippen LogP contribution in [0.4, 0.5) is 5.69 Å². The van der Waals surface area contributed by atoms with Gasteiger partial charge >= 0.3 is 0 Å². The van der Waals surface area contributed by atoms with E-state index in [0.29, 0.717) is 23.5 Å². The van der Waals surface area contributed by atoms with E-state index in [4.69, 9.17) is 4.74 Å². The highest BCUT2D eigenvalue weighted by Crippen LogP contribution is 2.32. The van der Waals surface area contributed by atoms with Crippen LogP contribution in [0.1, 0.15) is 6.92 Å². The normalized spacial score (nSPS) is 10.1. The number of aromatic nitrogens is 1. The number of hydrogen-bond donors (Lipinski definition) is 0. The highest BCUT2D eigenvalue weighted by Gasteiger charge is 2.16. The van der Waals surface area contributed by atoms with Crippen LogP contribution in [0.15, 0.2) is 42.7 Å². The summed E-state index contributed by atoms with van der Waals surface area (Å²) in [6.07, 6.45) is 3.23. The number of nitro groups is 1. The maximum Gasteiger partial charge on any atom is 0.280 e. The van der Waals surface area contributed by atoms with Gasteiger partial charge in [0.25, 0.3) is 5.69 Å². The maximum atomic E-state index is 11.1. The minimum atomic E-state index is -0.412.